The highest BCUT2D eigenvalue weighted by atomic mass is 79.9. The van der Waals surface area contributed by atoms with Crippen LogP contribution < -0.4 is 17.0 Å². The smallest absolute Gasteiger partial charge is 0.361 e. The number of quaternary nitrogens is 1. The van der Waals surface area contributed by atoms with E-state index in [0.29, 0.717) is 35.7 Å². The Morgan fingerprint density at radius 1 is 1.06 bits per heavy atom. The van der Waals surface area contributed by atoms with E-state index in [4.69, 9.17) is 9.15 Å². The zero-order valence-electron chi connectivity index (χ0n) is 21.2. The monoisotopic (exact) mass is 556 g/mol. The van der Waals surface area contributed by atoms with Gasteiger partial charge >= 0.3 is 5.97 Å². The maximum absolute atomic E-state index is 12.5. The summed E-state index contributed by atoms with van der Waals surface area (Å²) in [5.74, 6) is 0.809. The Morgan fingerprint density at radius 2 is 1.69 bits per heavy atom. The molecule has 6 nitrogen and oxygen atoms in total. The Balaban J connectivity index is 0.00000361. The Morgan fingerprint density at radius 3 is 2.36 bits per heavy atom. The molecule has 1 atom stereocenters. The van der Waals surface area contributed by atoms with Crippen LogP contribution in [0.4, 0.5) is 0 Å². The van der Waals surface area contributed by atoms with Crippen LogP contribution in [-0.4, -0.2) is 47.8 Å². The van der Waals surface area contributed by atoms with Crippen LogP contribution >= 0.6 is 0 Å². The number of carbonyl (C=O) groups excluding carboxylic acids is 1. The minimum Gasteiger partial charge on any atom is -1.00 e. The molecule has 0 saturated heterocycles. The second kappa shape index (κ2) is 12.7. The zero-order valence-corrected chi connectivity index (χ0v) is 22.8. The third-order valence-electron chi connectivity index (χ3n) is 6.93. The molecule has 0 radical (unpaired) electrons. The van der Waals surface area contributed by atoms with Crippen molar-refractivity contribution < 1.29 is 40.5 Å². The van der Waals surface area contributed by atoms with Crippen molar-refractivity contribution in [1.82, 2.24) is 4.98 Å². The highest BCUT2D eigenvalue weighted by Crippen LogP contribution is 2.43. The normalized spacial score (nSPS) is 16.1. The third kappa shape index (κ3) is 7.05. The predicted molar refractivity (Wildman–Crippen MR) is 134 cm³/mol. The van der Waals surface area contributed by atoms with Crippen LogP contribution in [-0.2, 0) is 28.1 Å². The van der Waals surface area contributed by atoms with Gasteiger partial charge in [-0.2, -0.15) is 0 Å². The predicted octanol–water partition coefficient (Wildman–Crippen LogP) is 1.86. The minimum absolute atomic E-state index is 0. The van der Waals surface area contributed by atoms with Crippen molar-refractivity contribution in [3.05, 3.63) is 89.6 Å². The van der Waals surface area contributed by atoms with Gasteiger partial charge < -0.3 is 35.7 Å². The van der Waals surface area contributed by atoms with Crippen LogP contribution in [0.15, 0.2) is 71.3 Å². The summed E-state index contributed by atoms with van der Waals surface area (Å²) in [6, 6.07) is 19.7. The first kappa shape index (κ1) is 28.1. The van der Waals surface area contributed by atoms with Crippen molar-refractivity contribution in [1.29, 1.82) is 0 Å². The van der Waals surface area contributed by atoms with Gasteiger partial charge in [-0.1, -0.05) is 79.9 Å². The van der Waals surface area contributed by atoms with Gasteiger partial charge in [0.25, 0.3) is 0 Å². The fraction of sp³-hybridized carbons (Fsp3) is 0.448. The van der Waals surface area contributed by atoms with Gasteiger partial charge in [0.2, 0.25) is 5.89 Å². The Hall–Kier alpha value is -2.48. The number of aromatic nitrogens is 1. The van der Waals surface area contributed by atoms with Gasteiger partial charge in [-0.3, -0.25) is 0 Å². The second-order valence-electron chi connectivity index (χ2n) is 10.3. The fourth-order valence-electron chi connectivity index (χ4n) is 5.10. The lowest BCUT2D eigenvalue weighted by Gasteiger charge is -2.36. The molecule has 1 aromatic heterocycles. The molecule has 194 valence electrons. The fourth-order valence-corrected chi connectivity index (χ4v) is 5.10. The quantitative estimate of drug-likeness (QED) is 0.305. The van der Waals surface area contributed by atoms with E-state index in [9.17, 15) is 9.90 Å². The van der Waals surface area contributed by atoms with E-state index in [1.807, 2.05) is 74.8 Å². The van der Waals surface area contributed by atoms with Gasteiger partial charge in [0.05, 0.1) is 26.9 Å². The lowest BCUT2D eigenvalue weighted by molar-refractivity contribution is -0.897. The summed E-state index contributed by atoms with van der Waals surface area (Å²) >= 11 is 0. The molecule has 1 saturated carbocycles. The number of rotatable bonds is 10. The molecule has 7 heteroatoms. The maximum Gasteiger partial charge on any atom is 0.361 e. The highest BCUT2D eigenvalue weighted by molar-refractivity contribution is 5.70. The van der Waals surface area contributed by atoms with Crippen LogP contribution in [0.2, 0.25) is 0 Å². The molecule has 36 heavy (non-hydrogen) atoms. The average Bonchev–Trinajstić information content (AvgIpc) is 3.33. The van der Waals surface area contributed by atoms with Crippen molar-refractivity contribution in [2.45, 2.75) is 50.7 Å². The summed E-state index contributed by atoms with van der Waals surface area (Å²) in [5, 5.41) is 12.0. The summed E-state index contributed by atoms with van der Waals surface area (Å²) in [4.78, 5) is 17.0. The van der Waals surface area contributed by atoms with Crippen molar-refractivity contribution in [2.24, 2.45) is 5.92 Å². The molecular weight excluding hydrogens is 520 g/mol. The molecule has 1 heterocycles. The average molecular weight is 558 g/mol. The number of hydrogen-bond acceptors (Lipinski definition) is 5. The Labute approximate surface area is 224 Å². The molecule has 1 aliphatic rings. The largest absolute Gasteiger partial charge is 1.00 e. The van der Waals surface area contributed by atoms with Crippen molar-refractivity contribution in [3.8, 4) is 0 Å². The molecule has 1 fully saturated rings. The summed E-state index contributed by atoms with van der Waals surface area (Å²) < 4.78 is 12.0. The highest BCUT2D eigenvalue weighted by Gasteiger charge is 2.44. The maximum atomic E-state index is 12.5. The van der Waals surface area contributed by atoms with E-state index in [-0.39, 0.29) is 35.4 Å². The number of hydrogen-bond donors (Lipinski definition) is 1. The number of carbonyl (C=O) groups is 1. The van der Waals surface area contributed by atoms with Crippen molar-refractivity contribution in [3.63, 3.8) is 0 Å². The van der Waals surface area contributed by atoms with Crippen LogP contribution in [0.3, 0.4) is 0 Å². The topological polar surface area (TPSA) is 72.6 Å². The number of likely N-dealkylation sites (N-methyl/N-ethyl adjacent to an activating group) is 1. The van der Waals surface area contributed by atoms with Gasteiger partial charge in [-0.25, -0.2) is 9.78 Å². The SMILES string of the molecule is C[N+](C)(CC(=O)OCCc1ccccc1)Cc1cnc(C(O)(c2ccccc2)C2CCCCC2)o1.[Br-]. The Bertz CT molecular complexity index is 1080. The second-order valence-corrected chi connectivity index (χ2v) is 10.3. The van der Waals surface area contributed by atoms with Crippen LogP contribution in [0.25, 0.3) is 0 Å². The summed E-state index contributed by atoms with van der Waals surface area (Å²) in [7, 11) is 3.93. The molecule has 3 aromatic rings. The van der Waals surface area contributed by atoms with E-state index in [0.717, 1.165) is 36.8 Å². The summed E-state index contributed by atoms with van der Waals surface area (Å²) in [6.07, 6.45) is 7.68. The van der Waals surface area contributed by atoms with Gasteiger partial charge in [-0.05, 0) is 24.0 Å². The number of esters is 1. The van der Waals surface area contributed by atoms with Gasteiger partial charge in [-0.15, -0.1) is 0 Å². The Kier molecular flexibility index (Phi) is 9.88. The van der Waals surface area contributed by atoms with Gasteiger partial charge in [0.1, 0.15) is 6.54 Å². The van der Waals surface area contributed by atoms with Gasteiger partial charge in [0.15, 0.2) is 17.9 Å². The summed E-state index contributed by atoms with van der Waals surface area (Å²) in [6.45, 7) is 1.05. The molecule has 0 aliphatic heterocycles. The first-order valence-corrected chi connectivity index (χ1v) is 12.6. The van der Waals surface area contributed by atoms with Crippen LogP contribution in [0.5, 0.6) is 0 Å². The molecule has 1 N–H and O–H groups in total. The molecule has 0 bridgehead atoms. The molecule has 0 amide bonds. The number of nitrogens with zero attached hydrogens (tertiary/aromatic N) is 2. The molecular formula is C29H37BrN2O4. The van der Waals surface area contributed by atoms with E-state index in [1.165, 1.54) is 6.42 Å². The lowest BCUT2D eigenvalue weighted by Crippen LogP contribution is -3.00. The number of halogens is 1. The third-order valence-corrected chi connectivity index (χ3v) is 6.93. The van der Waals surface area contributed by atoms with E-state index in [2.05, 4.69) is 4.98 Å². The number of aliphatic hydroxyl groups is 1. The molecule has 4 rings (SSSR count). The number of ether oxygens (including phenoxy) is 1. The standard InChI is InChI=1S/C29H37N2O4.BrH/c1-31(2,22-27(32)34-19-18-23-12-6-3-7-13-23)21-26-20-30-28(35-26)29(33,24-14-8-4-9-15-24)25-16-10-5-11-17-25;/h3-4,6-9,12-15,20,25,33H,5,10-11,16-19,21-22H2,1-2H3;1H/q+1;/p-1. The molecule has 2 aromatic carbocycles. The number of benzene rings is 2. The summed E-state index contributed by atoms with van der Waals surface area (Å²) in [5.41, 5.74) is 0.705. The first-order chi connectivity index (χ1) is 16.9. The first-order valence-electron chi connectivity index (χ1n) is 12.6. The molecule has 1 aliphatic carbocycles. The van der Waals surface area contributed by atoms with E-state index < -0.39 is 5.60 Å². The van der Waals surface area contributed by atoms with Gasteiger partial charge in [0, 0.05) is 12.3 Å². The van der Waals surface area contributed by atoms with Crippen LogP contribution in [0, 0.1) is 5.92 Å². The zero-order chi connectivity index (χ0) is 24.7. The molecule has 1 unspecified atom stereocenters. The van der Waals surface area contributed by atoms with Crippen LogP contribution in [0.1, 0.15) is 54.9 Å². The van der Waals surface area contributed by atoms with E-state index in [1.54, 1.807) is 6.20 Å². The van der Waals surface area contributed by atoms with Crippen molar-refractivity contribution >= 4 is 5.97 Å². The molecule has 0 spiro atoms. The van der Waals surface area contributed by atoms with E-state index >= 15 is 0 Å². The minimum atomic E-state index is -1.26. The number of oxazole rings is 1. The van der Waals surface area contributed by atoms with Crippen molar-refractivity contribution in [2.75, 3.05) is 27.2 Å². The lowest BCUT2D eigenvalue weighted by atomic mass is 9.73.